The fourth-order valence-corrected chi connectivity index (χ4v) is 13.9. The van der Waals surface area contributed by atoms with Crippen molar-refractivity contribution >= 4 is 16.6 Å². The monoisotopic (exact) mass is 416 g/mol. The van der Waals surface area contributed by atoms with Gasteiger partial charge in [-0.25, -0.2) is 0 Å². The van der Waals surface area contributed by atoms with Crippen LogP contribution in [0.3, 0.4) is 0 Å². The van der Waals surface area contributed by atoms with Crippen LogP contribution < -0.4 is 11.5 Å². The van der Waals surface area contributed by atoms with Crippen molar-refractivity contribution in [1.82, 2.24) is 19.6 Å². The summed E-state index contributed by atoms with van der Waals surface area (Å²) in [5.74, 6) is 0. The van der Waals surface area contributed by atoms with E-state index in [-0.39, 0.29) is 0 Å². The molecule has 0 aromatic carbocycles. The zero-order valence-electron chi connectivity index (χ0n) is 18.3. The molecule has 0 aromatic rings. The third-order valence-electron chi connectivity index (χ3n) is 5.58. The molecule has 4 N–H and O–H groups in total. The van der Waals surface area contributed by atoms with Gasteiger partial charge in [0.15, 0.2) is 16.6 Å². The van der Waals surface area contributed by atoms with E-state index in [2.05, 4.69) is 45.8 Å². The molecule has 0 atom stereocenters. The third-order valence-corrected chi connectivity index (χ3v) is 12.4. The zero-order valence-corrected chi connectivity index (χ0v) is 20.3. The van der Waals surface area contributed by atoms with Gasteiger partial charge in [0.05, 0.1) is 0 Å². The van der Waals surface area contributed by atoms with Crippen LogP contribution in [0.5, 0.6) is 0 Å². The van der Waals surface area contributed by atoms with Gasteiger partial charge in [-0.3, -0.25) is 9.80 Å². The minimum atomic E-state index is -1.69. The van der Waals surface area contributed by atoms with Gasteiger partial charge in [-0.05, 0) is 26.2 Å². The minimum absolute atomic E-state index is 0.767. The van der Waals surface area contributed by atoms with Crippen LogP contribution in [0.1, 0.15) is 0 Å². The van der Waals surface area contributed by atoms with E-state index in [1.807, 2.05) is 0 Å². The number of nitrogens with zero attached hydrogens (tertiary/aromatic N) is 4. The maximum absolute atomic E-state index is 6.91. The molecule has 2 heterocycles. The SMILES string of the molecule is C[Si](C)(CN1CCN(CCN)CC1)O[Si](C)(C)CN1CCN(CCN)CC1. The Morgan fingerprint density at radius 3 is 1.19 bits per heavy atom. The Bertz CT molecular complexity index is 386. The van der Waals surface area contributed by atoms with Gasteiger partial charge in [0, 0.05) is 90.9 Å². The van der Waals surface area contributed by atoms with E-state index in [9.17, 15) is 0 Å². The zero-order chi connectivity index (χ0) is 19.9. The summed E-state index contributed by atoms with van der Waals surface area (Å²) in [6.45, 7) is 22.5. The molecule has 0 radical (unpaired) electrons. The Balaban J connectivity index is 1.74. The quantitative estimate of drug-likeness (QED) is 0.471. The minimum Gasteiger partial charge on any atom is -0.454 e. The Morgan fingerprint density at radius 1 is 0.593 bits per heavy atom. The van der Waals surface area contributed by atoms with Crippen LogP contribution in [0.15, 0.2) is 0 Å². The lowest BCUT2D eigenvalue weighted by Gasteiger charge is -2.43. The summed E-state index contributed by atoms with van der Waals surface area (Å²) in [6.07, 6.45) is 2.31. The number of hydrogen-bond acceptors (Lipinski definition) is 7. The highest BCUT2D eigenvalue weighted by molar-refractivity contribution is 6.85. The van der Waals surface area contributed by atoms with Crippen LogP contribution in [-0.4, -0.2) is 127 Å². The van der Waals surface area contributed by atoms with Crippen LogP contribution in [-0.2, 0) is 4.12 Å². The molecular formula is C18H44N6OSi2. The molecule has 2 aliphatic rings. The van der Waals surface area contributed by atoms with Crippen molar-refractivity contribution in [3.63, 3.8) is 0 Å². The molecule has 2 fully saturated rings. The van der Waals surface area contributed by atoms with Crippen molar-refractivity contribution in [2.45, 2.75) is 26.2 Å². The van der Waals surface area contributed by atoms with E-state index in [1.54, 1.807) is 0 Å². The van der Waals surface area contributed by atoms with Gasteiger partial charge in [-0.2, -0.15) is 0 Å². The van der Waals surface area contributed by atoms with Crippen LogP contribution in [0, 0.1) is 0 Å². The molecule has 160 valence electrons. The summed E-state index contributed by atoms with van der Waals surface area (Å²) in [6, 6.07) is 0. The van der Waals surface area contributed by atoms with E-state index >= 15 is 0 Å². The van der Waals surface area contributed by atoms with Crippen molar-refractivity contribution in [3.8, 4) is 0 Å². The predicted molar refractivity (Wildman–Crippen MR) is 120 cm³/mol. The molecule has 2 aliphatic heterocycles. The van der Waals surface area contributed by atoms with E-state index in [4.69, 9.17) is 15.6 Å². The molecule has 9 heteroatoms. The van der Waals surface area contributed by atoms with Crippen molar-refractivity contribution < 1.29 is 4.12 Å². The number of rotatable bonds is 10. The standard InChI is InChI=1S/C18H44N6OSi2/c1-26(2,17-23-13-9-21(7-5-19)10-14-23)25-27(3,4)18-24-15-11-22(8-6-20)12-16-24/h5-20H2,1-4H3. The van der Waals surface area contributed by atoms with Crippen molar-refractivity contribution in [2.24, 2.45) is 11.5 Å². The van der Waals surface area contributed by atoms with Crippen LogP contribution in [0.4, 0.5) is 0 Å². The van der Waals surface area contributed by atoms with Crippen LogP contribution in [0.2, 0.25) is 26.2 Å². The summed E-state index contributed by atoms with van der Waals surface area (Å²) in [4.78, 5) is 10.2. The second-order valence-electron chi connectivity index (χ2n) is 9.43. The first kappa shape index (κ1) is 23.4. The van der Waals surface area contributed by atoms with Crippen LogP contribution >= 0.6 is 0 Å². The van der Waals surface area contributed by atoms with Gasteiger partial charge in [0.1, 0.15) is 0 Å². The van der Waals surface area contributed by atoms with Crippen LogP contribution in [0.25, 0.3) is 0 Å². The van der Waals surface area contributed by atoms with Gasteiger partial charge in [0.2, 0.25) is 0 Å². The predicted octanol–water partition coefficient (Wildman–Crippen LogP) is -0.356. The summed E-state index contributed by atoms with van der Waals surface area (Å²) >= 11 is 0. The lowest BCUT2D eigenvalue weighted by atomic mass is 10.3. The topological polar surface area (TPSA) is 74.2 Å². The van der Waals surface area contributed by atoms with Gasteiger partial charge < -0.3 is 25.4 Å². The van der Waals surface area contributed by atoms with Crippen molar-refractivity contribution in [1.29, 1.82) is 0 Å². The second-order valence-corrected chi connectivity index (χ2v) is 17.9. The first-order valence-corrected chi connectivity index (χ1v) is 17.0. The van der Waals surface area contributed by atoms with E-state index < -0.39 is 16.6 Å². The fraction of sp³-hybridized carbons (Fsp3) is 1.00. The average molecular weight is 417 g/mol. The Morgan fingerprint density at radius 2 is 0.889 bits per heavy atom. The molecule has 0 unspecified atom stereocenters. The maximum Gasteiger partial charge on any atom is 0.187 e. The summed E-state index contributed by atoms with van der Waals surface area (Å²) in [5.41, 5.74) is 11.4. The molecule has 27 heavy (non-hydrogen) atoms. The summed E-state index contributed by atoms with van der Waals surface area (Å²) in [7, 11) is -3.37. The lowest BCUT2D eigenvalue weighted by Crippen LogP contribution is -2.59. The first-order chi connectivity index (χ1) is 12.7. The normalized spacial score (nSPS) is 22.4. The van der Waals surface area contributed by atoms with Gasteiger partial charge in [-0.1, -0.05) is 0 Å². The van der Waals surface area contributed by atoms with Gasteiger partial charge >= 0.3 is 0 Å². The highest BCUT2D eigenvalue weighted by Crippen LogP contribution is 2.18. The molecule has 0 aliphatic carbocycles. The Hall–Kier alpha value is 0.154. The second kappa shape index (κ2) is 10.8. The third kappa shape index (κ3) is 8.59. The Labute approximate surface area is 169 Å². The van der Waals surface area contributed by atoms with E-state index in [0.29, 0.717) is 0 Å². The van der Waals surface area contributed by atoms with Gasteiger partial charge in [-0.15, -0.1) is 0 Å². The largest absolute Gasteiger partial charge is 0.454 e. The molecule has 0 bridgehead atoms. The highest BCUT2D eigenvalue weighted by Gasteiger charge is 2.36. The van der Waals surface area contributed by atoms with E-state index in [0.717, 1.165) is 90.9 Å². The number of hydrogen-bond donors (Lipinski definition) is 2. The molecule has 0 amide bonds. The fourth-order valence-electron chi connectivity index (χ4n) is 4.60. The van der Waals surface area contributed by atoms with Crippen molar-refractivity contribution in [3.05, 3.63) is 0 Å². The molecule has 0 aromatic heterocycles. The lowest BCUT2D eigenvalue weighted by molar-refractivity contribution is 0.143. The average Bonchev–Trinajstić information content (AvgIpc) is 2.57. The maximum atomic E-state index is 6.91. The first-order valence-electron chi connectivity index (χ1n) is 10.7. The van der Waals surface area contributed by atoms with Gasteiger partial charge in [0.25, 0.3) is 0 Å². The smallest absolute Gasteiger partial charge is 0.187 e. The summed E-state index contributed by atoms with van der Waals surface area (Å²) in [5, 5.41) is 0. The highest BCUT2D eigenvalue weighted by atomic mass is 28.4. The number of piperazine rings is 2. The van der Waals surface area contributed by atoms with E-state index in [1.165, 1.54) is 0 Å². The molecule has 7 nitrogen and oxygen atoms in total. The molecule has 0 saturated carbocycles. The molecule has 2 rings (SSSR count). The Kier molecular flexibility index (Phi) is 9.37. The molecule has 0 spiro atoms. The number of nitrogens with two attached hydrogens (primary N) is 2. The molecule has 2 saturated heterocycles. The molecular weight excluding hydrogens is 372 g/mol. The summed E-state index contributed by atoms with van der Waals surface area (Å²) < 4.78 is 6.91. The van der Waals surface area contributed by atoms with Crippen molar-refractivity contribution in [2.75, 3.05) is 90.9 Å².